The first-order valence-corrected chi connectivity index (χ1v) is 13.5. The highest BCUT2D eigenvalue weighted by molar-refractivity contribution is 7.98. The molecule has 7 nitrogen and oxygen atoms in total. The van der Waals surface area contributed by atoms with Crippen molar-refractivity contribution in [1.29, 1.82) is 0 Å². The number of likely N-dealkylation sites (tertiary alicyclic amines) is 2. The first-order chi connectivity index (χ1) is 16.8. The number of halogens is 3. The van der Waals surface area contributed by atoms with Crippen molar-refractivity contribution in [3.05, 3.63) is 29.1 Å². The molecule has 0 unspecified atom stereocenters. The van der Waals surface area contributed by atoms with Crippen molar-refractivity contribution >= 4 is 23.9 Å². The van der Waals surface area contributed by atoms with Gasteiger partial charge in [0.15, 0.2) is 0 Å². The summed E-state index contributed by atoms with van der Waals surface area (Å²) in [6.45, 7) is 7.92. The maximum absolute atomic E-state index is 13.4. The SMILES string of the molecule is CC(C)(C)OC(=O)N1CCC2(CCCN2Cc2ccc(C(F)(F)F)nc2CC(=O)NSC2CC2)CC1. The second kappa shape index (κ2) is 10.4. The first-order valence-electron chi connectivity index (χ1n) is 12.6. The van der Waals surface area contributed by atoms with Gasteiger partial charge in [0.25, 0.3) is 0 Å². The summed E-state index contributed by atoms with van der Waals surface area (Å²) in [4.78, 5) is 32.9. The van der Waals surface area contributed by atoms with Gasteiger partial charge in [0.1, 0.15) is 11.3 Å². The molecule has 0 bridgehead atoms. The Bertz CT molecular complexity index is 970. The van der Waals surface area contributed by atoms with Gasteiger partial charge >= 0.3 is 12.3 Å². The Morgan fingerprint density at radius 2 is 1.83 bits per heavy atom. The number of rotatable bonds is 6. The molecule has 36 heavy (non-hydrogen) atoms. The maximum Gasteiger partial charge on any atom is 0.433 e. The summed E-state index contributed by atoms with van der Waals surface area (Å²) in [6.07, 6.45) is 0.502. The van der Waals surface area contributed by atoms with Crippen molar-refractivity contribution in [2.45, 2.75) is 94.8 Å². The van der Waals surface area contributed by atoms with Crippen LogP contribution in [0.2, 0.25) is 0 Å². The average Bonchev–Trinajstić information content (AvgIpc) is 3.54. The van der Waals surface area contributed by atoms with Crippen LogP contribution >= 0.6 is 11.9 Å². The van der Waals surface area contributed by atoms with Gasteiger partial charge in [-0.05, 0) is 89.4 Å². The molecule has 3 fully saturated rings. The normalized spacial score (nSPS) is 20.6. The quantitative estimate of drug-likeness (QED) is 0.528. The number of pyridine rings is 1. The molecule has 2 amide bonds. The van der Waals surface area contributed by atoms with E-state index in [0.717, 1.165) is 51.1 Å². The second-order valence-corrected chi connectivity index (χ2v) is 12.1. The van der Waals surface area contributed by atoms with Gasteiger partial charge in [-0.25, -0.2) is 9.78 Å². The monoisotopic (exact) mass is 528 g/mol. The van der Waals surface area contributed by atoms with Crippen LogP contribution in [0.1, 0.15) is 76.2 Å². The van der Waals surface area contributed by atoms with Gasteiger partial charge in [0.2, 0.25) is 5.91 Å². The molecule has 0 aromatic carbocycles. The Morgan fingerprint density at radius 1 is 1.14 bits per heavy atom. The molecule has 200 valence electrons. The van der Waals surface area contributed by atoms with Crippen molar-refractivity contribution in [2.24, 2.45) is 0 Å². The lowest BCUT2D eigenvalue weighted by Crippen LogP contribution is -2.53. The van der Waals surface area contributed by atoms with Crippen LogP contribution in [0.3, 0.4) is 0 Å². The molecule has 1 aromatic rings. The molecule has 0 radical (unpaired) electrons. The number of piperidine rings is 1. The van der Waals surface area contributed by atoms with E-state index in [1.807, 2.05) is 20.8 Å². The van der Waals surface area contributed by atoms with E-state index in [0.29, 0.717) is 30.4 Å². The summed E-state index contributed by atoms with van der Waals surface area (Å²) in [6, 6.07) is 2.47. The van der Waals surface area contributed by atoms with E-state index >= 15 is 0 Å². The predicted octanol–water partition coefficient (Wildman–Crippen LogP) is 4.94. The smallest absolute Gasteiger partial charge is 0.433 e. The van der Waals surface area contributed by atoms with Crippen LogP contribution in [0, 0.1) is 0 Å². The number of nitrogens with zero attached hydrogens (tertiary/aromatic N) is 3. The van der Waals surface area contributed by atoms with Gasteiger partial charge in [0, 0.05) is 30.4 Å². The fourth-order valence-electron chi connectivity index (χ4n) is 4.95. The van der Waals surface area contributed by atoms with Crippen LogP contribution in [0.15, 0.2) is 12.1 Å². The molecule has 11 heteroatoms. The molecule has 1 aromatic heterocycles. The number of carbonyl (C=O) groups is 2. The van der Waals surface area contributed by atoms with E-state index < -0.39 is 17.5 Å². The van der Waals surface area contributed by atoms with E-state index in [4.69, 9.17) is 4.74 Å². The van der Waals surface area contributed by atoms with Crippen LogP contribution in [0.25, 0.3) is 0 Å². The topological polar surface area (TPSA) is 74.8 Å². The summed E-state index contributed by atoms with van der Waals surface area (Å²) >= 11 is 1.34. The fourth-order valence-corrected chi connectivity index (χ4v) is 5.70. The average molecular weight is 529 g/mol. The minimum Gasteiger partial charge on any atom is -0.444 e. The molecule has 4 rings (SSSR count). The zero-order chi connectivity index (χ0) is 26.1. The summed E-state index contributed by atoms with van der Waals surface area (Å²) < 4.78 is 48.4. The molecule has 2 aliphatic heterocycles. The number of aromatic nitrogens is 1. The minimum absolute atomic E-state index is 0.122. The largest absolute Gasteiger partial charge is 0.444 e. The lowest BCUT2D eigenvalue weighted by atomic mass is 9.84. The van der Waals surface area contributed by atoms with Crippen molar-refractivity contribution in [2.75, 3.05) is 19.6 Å². The Kier molecular flexibility index (Phi) is 7.81. The molecule has 1 saturated carbocycles. The first kappa shape index (κ1) is 27.0. The summed E-state index contributed by atoms with van der Waals surface area (Å²) in [5.74, 6) is -0.332. The Balaban J connectivity index is 1.46. The van der Waals surface area contributed by atoms with Crippen LogP contribution in [0.5, 0.6) is 0 Å². The third kappa shape index (κ3) is 6.85. The zero-order valence-corrected chi connectivity index (χ0v) is 21.9. The molecule has 1 N–H and O–H groups in total. The van der Waals surface area contributed by atoms with Gasteiger partial charge in [-0.15, -0.1) is 0 Å². The van der Waals surface area contributed by atoms with E-state index in [2.05, 4.69) is 14.6 Å². The van der Waals surface area contributed by atoms with Crippen LogP contribution in [-0.4, -0.2) is 62.8 Å². The Morgan fingerprint density at radius 3 is 2.44 bits per heavy atom. The van der Waals surface area contributed by atoms with Crippen molar-refractivity contribution < 1.29 is 27.5 Å². The third-order valence-corrected chi connectivity index (χ3v) is 8.15. The Hall–Kier alpha value is -2.01. The molecular formula is C25H35F3N4O3S. The second-order valence-electron chi connectivity index (χ2n) is 11.0. The van der Waals surface area contributed by atoms with Gasteiger partial charge in [-0.3, -0.25) is 14.4 Å². The number of hydrogen-bond donors (Lipinski definition) is 1. The van der Waals surface area contributed by atoms with E-state index in [9.17, 15) is 22.8 Å². The highest BCUT2D eigenvalue weighted by Gasteiger charge is 2.44. The van der Waals surface area contributed by atoms with Gasteiger partial charge in [0.05, 0.1) is 12.1 Å². The standard InChI is InChI=1S/C25H35F3N4O3S/c1-23(2,3)35-22(34)31-13-10-24(11-14-31)9-4-12-32(24)16-17-5-8-20(25(26,27)28)29-19(17)15-21(33)30-36-18-6-7-18/h5,8,18H,4,6-7,9-16H2,1-3H3,(H,30,33). The fraction of sp³-hybridized carbons (Fsp3) is 0.720. The van der Waals surface area contributed by atoms with Crippen molar-refractivity contribution in [3.63, 3.8) is 0 Å². The van der Waals surface area contributed by atoms with Crippen molar-refractivity contribution in [3.8, 4) is 0 Å². The maximum atomic E-state index is 13.4. The number of hydrogen-bond acceptors (Lipinski definition) is 6. The van der Waals surface area contributed by atoms with Gasteiger partial charge in [-0.2, -0.15) is 13.2 Å². The van der Waals surface area contributed by atoms with Crippen LogP contribution < -0.4 is 4.72 Å². The summed E-state index contributed by atoms with van der Waals surface area (Å²) in [5, 5.41) is 0.402. The lowest BCUT2D eigenvalue weighted by Gasteiger charge is -2.45. The number of ether oxygens (including phenoxy) is 1. The molecule has 0 atom stereocenters. The van der Waals surface area contributed by atoms with E-state index in [1.54, 1.807) is 4.90 Å². The molecule has 1 aliphatic carbocycles. The molecular weight excluding hydrogens is 493 g/mol. The molecule has 1 spiro atoms. The minimum atomic E-state index is -4.57. The number of carbonyl (C=O) groups excluding carboxylic acids is 2. The zero-order valence-electron chi connectivity index (χ0n) is 21.1. The summed E-state index contributed by atoms with van der Waals surface area (Å²) in [7, 11) is 0. The number of alkyl halides is 3. The highest BCUT2D eigenvalue weighted by atomic mass is 32.2. The molecule has 3 aliphatic rings. The van der Waals surface area contributed by atoms with Crippen LogP contribution in [0.4, 0.5) is 18.0 Å². The Labute approximate surface area is 214 Å². The van der Waals surface area contributed by atoms with Crippen molar-refractivity contribution in [1.82, 2.24) is 19.5 Å². The molecule has 2 saturated heterocycles. The summed E-state index contributed by atoms with van der Waals surface area (Å²) in [5.41, 5.74) is -0.841. The highest BCUT2D eigenvalue weighted by Crippen LogP contribution is 2.40. The van der Waals surface area contributed by atoms with E-state index in [-0.39, 0.29) is 29.7 Å². The number of amides is 2. The van der Waals surface area contributed by atoms with Gasteiger partial charge in [-0.1, -0.05) is 6.07 Å². The molecule has 3 heterocycles. The lowest BCUT2D eigenvalue weighted by molar-refractivity contribution is -0.141. The predicted molar refractivity (Wildman–Crippen MR) is 131 cm³/mol. The van der Waals surface area contributed by atoms with E-state index in [1.165, 1.54) is 18.0 Å². The van der Waals surface area contributed by atoms with Gasteiger partial charge < -0.3 is 9.64 Å². The number of nitrogens with one attached hydrogen (secondary N) is 1. The third-order valence-electron chi connectivity index (χ3n) is 7.00. The van der Waals surface area contributed by atoms with Crippen LogP contribution in [-0.2, 0) is 28.7 Å².